The second-order valence-corrected chi connectivity index (χ2v) is 6.95. The van der Waals surface area contributed by atoms with Crippen LogP contribution in [0.4, 0.5) is 11.4 Å². The van der Waals surface area contributed by atoms with Crippen molar-refractivity contribution >= 4 is 44.8 Å². The maximum Gasteiger partial charge on any atom is 0.488 e. The number of rotatable bonds is 4. The van der Waals surface area contributed by atoms with Crippen molar-refractivity contribution in [3.05, 3.63) is 60.7 Å². The molecule has 0 fully saturated rings. The molecule has 0 aliphatic heterocycles. The molecule has 0 unspecified atom stereocenters. The van der Waals surface area contributed by atoms with Crippen molar-refractivity contribution in [1.29, 1.82) is 0 Å². The molecule has 0 radical (unpaired) electrons. The zero-order valence-electron chi connectivity index (χ0n) is 12.5. The molecule has 5 N–H and O–H groups in total. The van der Waals surface area contributed by atoms with Gasteiger partial charge in [0.25, 0.3) is 10.0 Å². The molecule has 0 bridgehead atoms. The Morgan fingerprint density at radius 2 is 1.62 bits per heavy atom. The van der Waals surface area contributed by atoms with E-state index in [4.69, 9.17) is 5.73 Å². The van der Waals surface area contributed by atoms with Crippen molar-refractivity contribution in [3.8, 4) is 0 Å². The lowest BCUT2D eigenvalue weighted by atomic mass is 9.80. The number of hydrogen-bond donors (Lipinski definition) is 4. The summed E-state index contributed by atoms with van der Waals surface area (Å²) in [5, 5.41) is 19.6. The van der Waals surface area contributed by atoms with Gasteiger partial charge in [0.1, 0.15) is 0 Å². The van der Waals surface area contributed by atoms with Crippen LogP contribution < -0.4 is 15.9 Å². The molecule has 0 saturated heterocycles. The Morgan fingerprint density at radius 3 is 2.33 bits per heavy atom. The number of benzene rings is 3. The lowest BCUT2D eigenvalue weighted by Crippen LogP contribution is -2.30. The molecule has 0 spiro atoms. The van der Waals surface area contributed by atoms with Gasteiger partial charge in [0, 0.05) is 22.1 Å². The van der Waals surface area contributed by atoms with Gasteiger partial charge in [-0.15, -0.1) is 0 Å². The average Bonchev–Trinajstić information content (AvgIpc) is 2.55. The Balaban J connectivity index is 2.06. The van der Waals surface area contributed by atoms with Gasteiger partial charge in [-0.05, 0) is 29.7 Å². The molecule has 3 aromatic carbocycles. The summed E-state index contributed by atoms with van der Waals surface area (Å²) in [6, 6.07) is 15.9. The predicted molar refractivity (Wildman–Crippen MR) is 95.4 cm³/mol. The average molecular weight is 342 g/mol. The highest BCUT2D eigenvalue weighted by molar-refractivity contribution is 7.93. The molecule has 122 valence electrons. The smallest absolute Gasteiger partial charge is 0.423 e. The van der Waals surface area contributed by atoms with E-state index in [1.54, 1.807) is 30.3 Å². The number of nitrogens with one attached hydrogen (secondary N) is 1. The Bertz CT molecular complexity index is 1010. The van der Waals surface area contributed by atoms with E-state index in [0.717, 1.165) is 0 Å². The van der Waals surface area contributed by atoms with E-state index in [1.807, 2.05) is 0 Å². The molecule has 6 nitrogen and oxygen atoms in total. The Hall–Kier alpha value is -2.55. The fraction of sp³-hybridized carbons (Fsp3) is 0. The topological polar surface area (TPSA) is 113 Å². The summed E-state index contributed by atoms with van der Waals surface area (Å²) in [5.74, 6) is 0. The van der Waals surface area contributed by atoms with Gasteiger partial charge in [-0.2, -0.15) is 0 Å². The Kier molecular flexibility index (Phi) is 4.19. The number of nitrogen functional groups attached to an aromatic ring is 1. The molecule has 0 aliphatic rings. The van der Waals surface area contributed by atoms with Crippen LogP contribution in [0.25, 0.3) is 10.8 Å². The first-order valence-corrected chi connectivity index (χ1v) is 8.63. The molecule has 8 heteroatoms. The monoisotopic (exact) mass is 342 g/mol. The molecule has 0 atom stereocenters. The van der Waals surface area contributed by atoms with Crippen LogP contribution in [0.2, 0.25) is 0 Å². The highest BCUT2D eigenvalue weighted by Crippen LogP contribution is 2.28. The van der Waals surface area contributed by atoms with Crippen molar-refractivity contribution in [1.82, 2.24) is 0 Å². The number of hydrogen-bond acceptors (Lipinski definition) is 5. The van der Waals surface area contributed by atoms with Crippen LogP contribution in [-0.4, -0.2) is 25.6 Å². The standard InChI is InChI=1S/C16H15BN2O4S/c18-15-8-9-16(14-7-2-1-6-13(14)15)24(22,23)19-12-5-3-4-11(10-12)17(20)21/h1-10,19-21H,18H2. The summed E-state index contributed by atoms with van der Waals surface area (Å²) in [4.78, 5) is 0.0993. The zero-order chi connectivity index (χ0) is 17.3. The Morgan fingerprint density at radius 1 is 0.917 bits per heavy atom. The molecule has 0 heterocycles. The van der Waals surface area contributed by atoms with Crippen molar-refractivity contribution in [2.24, 2.45) is 0 Å². The summed E-state index contributed by atoms with van der Waals surface area (Å²) in [6.45, 7) is 0. The van der Waals surface area contributed by atoms with Crippen LogP contribution in [0.1, 0.15) is 0 Å². The minimum Gasteiger partial charge on any atom is -0.423 e. The number of anilines is 2. The van der Waals surface area contributed by atoms with Gasteiger partial charge < -0.3 is 15.8 Å². The summed E-state index contributed by atoms with van der Waals surface area (Å²) in [5.41, 5.74) is 6.83. The van der Waals surface area contributed by atoms with Gasteiger partial charge in [-0.3, -0.25) is 4.72 Å². The van der Waals surface area contributed by atoms with Crippen molar-refractivity contribution in [2.45, 2.75) is 4.90 Å². The SMILES string of the molecule is Nc1ccc(S(=O)(=O)Nc2cccc(B(O)O)c2)c2ccccc12. The lowest BCUT2D eigenvalue weighted by Gasteiger charge is -2.12. The molecule has 3 aromatic rings. The van der Waals surface area contributed by atoms with Gasteiger partial charge in [0.2, 0.25) is 0 Å². The highest BCUT2D eigenvalue weighted by Gasteiger charge is 2.19. The van der Waals surface area contributed by atoms with Gasteiger partial charge in [0.15, 0.2) is 0 Å². The van der Waals surface area contributed by atoms with Crippen LogP contribution in [0.15, 0.2) is 65.6 Å². The fourth-order valence-corrected chi connectivity index (χ4v) is 3.76. The maximum atomic E-state index is 12.7. The summed E-state index contributed by atoms with van der Waals surface area (Å²) in [6.07, 6.45) is 0. The van der Waals surface area contributed by atoms with Gasteiger partial charge >= 0.3 is 7.12 Å². The van der Waals surface area contributed by atoms with Crippen LogP contribution in [0.3, 0.4) is 0 Å². The second-order valence-electron chi connectivity index (χ2n) is 5.30. The molecule has 0 aromatic heterocycles. The van der Waals surface area contributed by atoms with E-state index in [0.29, 0.717) is 16.5 Å². The molecule has 0 saturated carbocycles. The van der Waals surface area contributed by atoms with Crippen molar-refractivity contribution in [2.75, 3.05) is 10.5 Å². The van der Waals surface area contributed by atoms with Crippen LogP contribution in [0.5, 0.6) is 0 Å². The summed E-state index contributed by atoms with van der Waals surface area (Å²) in [7, 11) is -5.54. The molecule has 3 rings (SSSR count). The first-order valence-electron chi connectivity index (χ1n) is 7.14. The normalized spacial score (nSPS) is 11.4. The number of nitrogens with two attached hydrogens (primary N) is 1. The third kappa shape index (κ3) is 3.07. The molecular weight excluding hydrogens is 327 g/mol. The molecular formula is C16H15BN2O4S. The summed E-state index contributed by atoms with van der Waals surface area (Å²) < 4.78 is 27.9. The molecule has 0 amide bonds. The van der Waals surface area contributed by atoms with E-state index in [-0.39, 0.29) is 16.0 Å². The van der Waals surface area contributed by atoms with E-state index >= 15 is 0 Å². The van der Waals surface area contributed by atoms with Crippen LogP contribution in [0, 0.1) is 0 Å². The summed E-state index contributed by atoms with van der Waals surface area (Å²) >= 11 is 0. The minimum absolute atomic E-state index is 0.0993. The van der Waals surface area contributed by atoms with E-state index in [1.165, 1.54) is 30.3 Å². The van der Waals surface area contributed by atoms with Gasteiger partial charge in [-0.1, -0.05) is 36.4 Å². The quantitative estimate of drug-likeness (QED) is 0.416. The van der Waals surface area contributed by atoms with Crippen molar-refractivity contribution < 1.29 is 18.5 Å². The third-order valence-electron chi connectivity index (χ3n) is 3.64. The Labute approximate surface area is 139 Å². The molecule has 0 aliphatic carbocycles. The van der Waals surface area contributed by atoms with Gasteiger partial charge in [-0.25, -0.2) is 8.42 Å². The maximum absolute atomic E-state index is 12.7. The van der Waals surface area contributed by atoms with Crippen LogP contribution in [-0.2, 0) is 10.0 Å². The number of sulfonamides is 1. The van der Waals surface area contributed by atoms with Crippen molar-refractivity contribution in [3.63, 3.8) is 0 Å². The van der Waals surface area contributed by atoms with E-state index in [9.17, 15) is 18.5 Å². The highest BCUT2D eigenvalue weighted by atomic mass is 32.2. The minimum atomic E-state index is -3.87. The first kappa shape index (κ1) is 16.3. The van der Waals surface area contributed by atoms with E-state index < -0.39 is 17.1 Å². The lowest BCUT2D eigenvalue weighted by molar-refractivity contribution is 0.426. The number of fused-ring (bicyclic) bond motifs is 1. The van der Waals surface area contributed by atoms with Gasteiger partial charge in [0.05, 0.1) is 4.90 Å². The second kappa shape index (κ2) is 6.16. The first-order chi connectivity index (χ1) is 11.4. The zero-order valence-corrected chi connectivity index (χ0v) is 13.4. The predicted octanol–water partition coefficient (Wildman–Crippen LogP) is 0.903. The van der Waals surface area contributed by atoms with Crippen LogP contribution >= 0.6 is 0 Å². The molecule has 24 heavy (non-hydrogen) atoms. The third-order valence-corrected chi connectivity index (χ3v) is 5.08. The largest absolute Gasteiger partial charge is 0.488 e. The van der Waals surface area contributed by atoms with E-state index in [2.05, 4.69) is 4.72 Å². The fourth-order valence-electron chi connectivity index (χ4n) is 2.50.